The van der Waals surface area contributed by atoms with Crippen LogP contribution in [0.1, 0.15) is 19.3 Å². The van der Waals surface area contributed by atoms with Crippen LogP contribution in [-0.2, 0) is 4.79 Å². The molecule has 0 saturated carbocycles. The smallest absolute Gasteiger partial charge is 0.233 e. The largest absolute Gasteiger partial charge is 0.355 e. The summed E-state index contributed by atoms with van der Waals surface area (Å²) in [5.74, 6) is 0.739. The predicted molar refractivity (Wildman–Crippen MR) is 53.4 cm³/mol. The molecule has 74 valence electrons. The van der Waals surface area contributed by atoms with Gasteiger partial charge in [0.25, 0.3) is 0 Å². The van der Waals surface area contributed by atoms with Crippen LogP contribution >= 0.6 is 0 Å². The molecule has 1 amide bonds. The van der Waals surface area contributed by atoms with Gasteiger partial charge in [0.15, 0.2) is 0 Å². The van der Waals surface area contributed by atoms with Gasteiger partial charge in [-0.3, -0.25) is 4.79 Å². The summed E-state index contributed by atoms with van der Waals surface area (Å²) in [6.07, 6.45) is 7.90. The van der Waals surface area contributed by atoms with Crippen molar-refractivity contribution in [2.45, 2.75) is 19.3 Å². The summed E-state index contributed by atoms with van der Waals surface area (Å²) in [7, 11) is 1.78. The first-order valence-electron chi connectivity index (χ1n) is 4.89. The van der Waals surface area contributed by atoms with Crippen LogP contribution in [0.5, 0.6) is 0 Å². The van der Waals surface area contributed by atoms with Crippen LogP contribution in [0.25, 0.3) is 0 Å². The Morgan fingerprint density at radius 1 is 1.54 bits per heavy atom. The average molecular weight is 182 g/mol. The number of carbonyl (C=O) groups excluding carboxylic acids is 1. The van der Waals surface area contributed by atoms with Gasteiger partial charge >= 0.3 is 0 Å². The number of rotatable bonds is 4. The molecule has 1 rings (SSSR count). The highest BCUT2D eigenvalue weighted by molar-refractivity contribution is 5.77. The molecule has 1 aliphatic rings. The van der Waals surface area contributed by atoms with E-state index in [1.165, 1.54) is 6.42 Å². The fourth-order valence-electron chi connectivity index (χ4n) is 1.52. The van der Waals surface area contributed by atoms with E-state index in [1.54, 1.807) is 7.05 Å². The van der Waals surface area contributed by atoms with Gasteiger partial charge in [0.05, 0.1) is 6.54 Å². The van der Waals surface area contributed by atoms with Gasteiger partial charge in [-0.2, -0.15) is 0 Å². The number of nitrogens with one attached hydrogen (secondary N) is 2. The number of hydrogen-bond acceptors (Lipinski definition) is 2. The molecule has 0 aromatic rings. The SMILES string of the molecule is CNCC(=O)NCC1CC=CCC1. The van der Waals surface area contributed by atoms with E-state index in [0.29, 0.717) is 12.5 Å². The van der Waals surface area contributed by atoms with Gasteiger partial charge in [0, 0.05) is 6.54 Å². The van der Waals surface area contributed by atoms with Crippen LogP contribution in [0, 0.1) is 5.92 Å². The van der Waals surface area contributed by atoms with Crippen LogP contribution in [0.3, 0.4) is 0 Å². The van der Waals surface area contributed by atoms with E-state index in [-0.39, 0.29) is 5.91 Å². The number of carbonyl (C=O) groups is 1. The maximum Gasteiger partial charge on any atom is 0.233 e. The van der Waals surface area contributed by atoms with Crippen LogP contribution in [-0.4, -0.2) is 26.0 Å². The standard InChI is InChI=1S/C10H18N2O/c1-11-8-10(13)12-7-9-5-3-2-4-6-9/h2-3,9,11H,4-8H2,1H3,(H,12,13). The number of likely N-dealkylation sites (N-methyl/N-ethyl adjacent to an activating group) is 1. The Hall–Kier alpha value is -0.830. The van der Waals surface area contributed by atoms with Crippen molar-refractivity contribution in [3.05, 3.63) is 12.2 Å². The van der Waals surface area contributed by atoms with E-state index in [2.05, 4.69) is 22.8 Å². The maximum atomic E-state index is 11.1. The third-order valence-corrected chi connectivity index (χ3v) is 2.30. The second kappa shape index (κ2) is 5.75. The van der Waals surface area contributed by atoms with Gasteiger partial charge in [0.1, 0.15) is 0 Å². The predicted octanol–water partition coefficient (Wildman–Crippen LogP) is 0.678. The Morgan fingerprint density at radius 3 is 3.00 bits per heavy atom. The van der Waals surface area contributed by atoms with Gasteiger partial charge in [-0.15, -0.1) is 0 Å². The van der Waals surface area contributed by atoms with Gasteiger partial charge in [0.2, 0.25) is 5.91 Å². The number of amides is 1. The van der Waals surface area contributed by atoms with E-state index in [9.17, 15) is 4.79 Å². The van der Waals surface area contributed by atoms with Gasteiger partial charge in [-0.05, 0) is 32.2 Å². The second-order valence-corrected chi connectivity index (χ2v) is 3.48. The first kappa shape index (κ1) is 10.3. The van der Waals surface area contributed by atoms with Crippen molar-refractivity contribution >= 4 is 5.91 Å². The quantitative estimate of drug-likeness (QED) is 0.628. The first-order valence-corrected chi connectivity index (χ1v) is 4.89. The van der Waals surface area contributed by atoms with E-state index in [4.69, 9.17) is 0 Å². The first-order chi connectivity index (χ1) is 6.33. The van der Waals surface area contributed by atoms with Crippen molar-refractivity contribution in [3.63, 3.8) is 0 Å². The lowest BCUT2D eigenvalue weighted by molar-refractivity contribution is -0.120. The molecule has 0 aromatic carbocycles. The molecule has 0 saturated heterocycles. The Labute approximate surface area is 79.6 Å². The van der Waals surface area contributed by atoms with Crippen molar-refractivity contribution in [2.75, 3.05) is 20.1 Å². The minimum absolute atomic E-state index is 0.0945. The fourth-order valence-corrected chi connectivity index (χ4v) is 1.52. The Bertz CT molecular complexity index is 189. The van der Waals surface area contributed by atoms with E-state index >= 15 is 0 Å². The molecule has 0 bridgehead atoms. The minimum atomic E-state index is 0.0945. The zero-order valence-electron chi connectivity index (χ0n) is 8.18. The third-order valence-electron chi connectivity index (χ3n) is 2.30. The molecule has 0 radical (unpaired) electrons. The van der Waals surface area contributed by atoms with Crippen LogP contribution in [0.4, 0.5) is 0 Å². The van der Waals surface area contributed by atoms with Crippen molar-refractivity contribution in [2.24, 2.45) is 5.92 Å². The molecule has 13 heavy (non-hydrogen) atoms. The van der Waals surface area contributed by atoms with Gasteiger partial charge < -0.3 is 10.6 Å². The second-order valence-electron chi connectivity index (χ2n) is 3.48. The summed E-state index contributed by atoms with van der Waals surface area (Å²) in [4.78, 5) is 11.1. The van der Waals surface area contributed by atoms with E-state index in [0.717, 1.165) is 19.4 Å². The summed E-state index contributed by atoms with van der Waals surface area (Å²) in [5, 5.41) is 5.75. The average Bonchev–Trinajstić information content (AvgIpc) is 2.17. The molecule has 0 heterocycles. The molecule has 1 aliphatic carbocycles. The summed E-state index contributed by atoms with van der Waals surface area (Å²) in [5.41, 5.74) is 0. The molecule has 0 aliphatic heterocycles. The normalized spacial score (nSPS) is 21.5. The lowest BCUT2D eigenvalue weighted by Crippen LogP contribution is -2.35. The van der Waals surface area contributed by atoms with Crippen molar-refractivity contribution in [3.8, 4) is 0 Å². The molecule has 3 nitrogen and oxygen atoms in total. The Balaban J connectivity index is 2.11. The van der Waals surface area contributed by atoms with E-state index < -0.39 is 0 Å². The Morgan fingerprint density at radius 2 is 2.38 bits per heavy atom. The molecule has 2 N–H and O–H groups in total. The zero-order valence-corrected chi connectivity index (χ0v) is 8.18. The summed E-state index contributed by atoms with van der Waals surface area (Å²) in [6.45, 7) is 1.24. The Kier molecular flexibility index (Phi) is 4.54. The molecular formula is C10H18N2O. The molecule has 3 heteroatoms. The molecule has 0 aromatic heterocycles. The molecule has 1 atom stereocenters. The van der Waals surface area contributed by atoms with Crippen molar-refractivity contribution in [1.82, 2.24) is 10.6 Å². The number of allylic oxidation sites excluding steroid dienone is 2. The zero-order chi connectivity index (χ0) is 9.52. The maximum absolute atomic E-state index is 11.1. The molecular weight excluding hydrogens is 164 g/mol. The van der Waals surface area contributed by atoms with E-state index in [1.807, 2.05) is 0 Å². The highest BCUT2D eigenvalue weighted by Gasteiger charge is 2.10. The summed E-state index contributed by atoms with van der Waals surface area (Å²) in [6, 6.07) is 0. The highest BCUT2D eigenvalue weighted by atomic mass is 16.1. The van der Waals surface area contributed by atoms with Crippen LogP contribution in [0.15, 0.2) is 12.2 Å². The molecule has 0 spiro atoms. The van der Waals surface area contributed by atoms with Gasteiger partial charge in [-0.25, -0.2) is 0 Å². The topological polar surface area (TPSA) is 41.1 Å². The monoisotopic (exact) mass is 182 g/mol. The van der Waals surface area contributed by atoms with Crippen molar-refractivity contribution in [1.29, 1.82) is 0 Å². The lowest BCUT2D eigenvalue weighted by Gasteiger charge is -2.17. The van der Waals surface area contributed by atoms with Crippen molar-refractivity contribution < 1.29 is 4.79 Å². The van der Waals surface area contributed by atoms with Crippen LogP contribution < -0.4 is 10.6 Å². The summed E-state index contributed by atoms with van der Waals surface area (Å²) < 4.78 is 0. The minimum Gasteiger partial charge on any atom is -0.355 e. The molecule has 0 fully saturated rings. The lowest BCUT2D eigenvalue weighted by atomic mass is 9.94. The summed E-state index contributed by atoms with van der Waals surface area (Å²) >= 11 is 0. The third kappa shape index (κ3) is 4.08. The molecule has 1 unspecified atom stereocenters. The number of hydrogen-bond donors (Lipinski definition) is 2. The highest BCUT2D eigenvalue weighted by Crippen LogP contribution is 2.16. The van der Waals surface area contributed by atoms with Gasteiger partial charge in [-0.1, -0.05) is 12.2 Å². The van der Waals surface area contributed by atoms with Crippen LogP contribution in [0.2, 0.25) is 0 Å². The fraction of sp³-hybridized carbons (Fsp3) is 0.700.